The first-order valence-electron chi connectivity index (χ1n) is 6.59. The third kappa shape index (κ3) is 6.66. The van der Waals surface area contributed by atoms with Gasteiger partial charge in [-0.25, -0.2) is 0 Å². The molecule has 0 fully saturated rings. The van der Waals surface area contributed by atoms with Crippen LogP contribution in [-0.4, -0.2) is 36.8 Å². The summed E-state index contributed by atoms with van der Waals surface area (Å²) in [7, 11) is 4.18. The number of nitrogens with zero attached hydrogens (tertiary/aromatic N) is 1. The van der Waals surface area contributed by atoms with Gasteiger partial charge in [-0.15, -0.1) is 11.8 Å². The lowest BCUT2D eigenvalue weighted by Crippen LogP contribution is -2.35. The fourth-order valence-electron chi connectivity index (χ4n) is 1.55. The van der Waals surface area contributed by atoms with Crippen molar-refractivity contribution in [2.45, 2.75) is 37.8 Å². The quantitative estimate of drug-likeness (QED) is 0.803. The highest BCUT2D eigenvalue weighted by atomic mass is 35.5. The number of rotatable bonds is 6. The Morgan fingerprint density at radius 2 is 1.95 bits per heavy atom. The molecule has 0 saturated heterocycles. The molecule has 0 unspecified atom stereocenters. The Morgan fingerprint density at radius 3 is 2.53 bits per heavy atom. The molecular formula is C15H25ClN2S. The highest BCUT2D eigenvalue weighted by Crippen LogP contribution is 2.31. The summed E-state index contributed by atoms with van der Waals surface area (Å²) in [5.41, 5.74) is 1.40. The van der Waals surface area contributed by atoms with Gasteiger partial charge in [0.05, 0.1) is 5.02 Å². The van der Waals surface area contributed by atoms with E-state index < -0.39 is 0 Å². The van der Waals surface area contributed by atoms with E-state index >= 15 is 0 Å². The van der Waals surface area contributed by atoms with E-state index in [1.807, 2.05) is 23.9 Å². The van der Waals surface area contributed by atoms with Gasteiger partial charge in [-0.2, -0.15) is 0 Å². The zero-order chi connectivity index (χ0) is 14.5. The van der Waals surface area contributed by atoms with Gasteiger partial charge in [-0.1, -0.05) is 23.7 Å². The van der Waals surface area contributed by atoms with Crippen LogP contribution in [0.4, 0.5) is 0 Å². The molecule has 1 N–H and O–H groups in total. The Balaban J connectivity index is 2.71. The molecule has 2 nitrogen and oxygen atoms in total. The van der Waals surface area contributed by atoms with Crippen molar-refractivity contribution in [1.29, 1.82) is 0 Å². The molecule has 1 aromatic carbocycles. The summed E-state index contributed by atoms with van der Waals surface area (Å²) in [6.45, 7) is 8.44. The molecule has 0 aliphatic carbocycles. The van der Waals surface area contributed by atoms with Gasteiger partial charge in [-0.05, 0) is 46.5 Å². The standard InChI is InChI=1S/C15H25ClN2S/c1-15(2,3)17-11-12-7-6-8-13(16)14(12)19-10-9-18(4)5/h6-8,17H,9-11H2,1-5H3. The number of thioether (sulfide) groups is 1. The lowest BCUT2D eigenvalue weighted by molar-refractivity contribution is 0.422. The summed E-state index contributed by atoms with van der Waals surface area (Å²) in [6, 6.07) is 6.15. The van der Waals surface area contributed by atoms with E-state index in [4.69, 9.17) is 11.6 Å². The van der Waals surface area contributed by atoms with Crippen LogP contribution < -0.4 is 5.32 Å². The van der Waals surface area contributed by atoms with Gasteiger partial charge in [0.25, 0.3) is 0 Å². The van der Waals surface area contributed by atoms with E-state index in [9.17, 15) is 0 Å². The van der Waals surface area contributed by atoms with Crippen LogP contribution >= 0.6 is 23.4 Å². The Kier molecular flexibility index (Phi) is 6.67. The van der Waals surface area contributed by atoms with Crippen LogP contribution in [0.1, 0.15) is 26.3 Å². The lowest BCUT2D eigenvalue weighted by Gasteiger charge is -2.22. The van der Waals surface area contributed by atoms with Crippen LogP contribution in [0.5, 0.6) is 0 Å². The smallest absolute Gasteiger partial charge is 0.0545 e. The Morgan fingerprint density at radius 1 is 1.26 bits per heavy atom. The van der Waals surface area contributed by atoms with Crippen LogP contribution in [-0.2, 0) is 6.54 Å². The van der Waals surface area contributed by atoms with Gasteiger partial charge in [-0.3, -0.25) is 0 Å². The first-order valence-corrected chi connectivity index (χ1v) is 7.96. The van der Waals surface area contributed by atoms with Crippen LogP contribution in [0.15, 0.2) is 23.1 Å². The van der Waals surface area contributed by atoms with Gasteiger partial charge in [0, 0.05) is 29.3 Å². The van der Waals surface area contributed by atoms with Crippen molar-refractivity contribution in [2.75, 3.05) is 26.4 Å². The van der Waals surface area contributed by atoms with E-state index in [1.54, 1.807) is 0 Å². The zero-order valence-corrected chi connectivity index (χ0v) is 14.2. The van der Waals surface area contributed by atoms with E-state index in [-0.39, 0.29) is 5.54 Å². The molecule has 0 atom stereocenters. The van der Waals surface area contributed by atoms with Crippen molar-refractivity contribution in [3.05, 3.63) is 28.8 Å². The zero-order valence-electron chi connectivity index (χ0n) is 12.6. The summed E-state index contributed by atoms with van der Waals surface area (Å²) in [4.78, 5) is 3.40. The maximum Gasteiger partial charge on any atom is 0.0545 e. The summed E-state index contributed by atoms with van der Waals surface area (Å²) in [5.74, 6) is 1.05. The first-order chi connectivity index (χ1) is 8.79. The molecule has 0 aliphatic rings. The molecule has 0 aromatic heterocycles. The summed E-state index contributed by atoms with van der Waals surface area (Å²) < 4.78 is 0. The largest absolute Gasteiger partial charge is 0.309 e. The predicted octanol–water partition coefficient (Wildman–Crippen LogP) is 3.88. The third-order valence-electron chi connectivity index (χ3n) is 2.64. The number of halogens is 1. The normalized spacial score (nSPS) is 12.2. The average Bonchev–Trinajstić information content (AvgIpc) is 2.27. The van der Waals surface area contributed by atoms with Crippen LogP contribution in [0.3, 0.4) is 0 Å². The summed E-state index contributed by atoms with van der Waals surface area (Å²) >= 11 is 8.17. The van der Waals surface area contributed by atoms with Gasteiger partial charge < -0.3 is 10.2 Å². The van der Waals surface area contributed by atoms with E-state index in [1.165, 1.54) is 10.5 Å². The van der Waals surface area contributed by atoms with Crippen molar-refractivity contribution in [2.24, 2.45) is 0 Å². The molecule has 1 aromatic rings. The number of hydrogen-bond acceptors (Lipinski definition) is 3. The highest BCUT2D eigenvalue weighted by Gasteiger charge is 2.12. The van der Waals surface area contributed by atoms with Crippen LogP contribution in [0.25, 0.3) is 0 Å². The fraction of sp³-hybridized carbons (Fsp3) is 0.600. The van der Waals surface area contributed by atoms with Crippen molar-refractivity contribution >= 4 is 23.4 Å². The van der Waals surface area contributed by atoms with Crippen molar-refractivity contribution < 1.29 is 0 Å². The molecule has 0 saturated carbocycles. The molecule has 108 valence electrons. The Hall–Kier alpha value is -0.220. The minimum Gasteiger partial charge on any atom is -0.309 e. The van der Waals surface area contributed by atoms with Crippen LogP contribution in [0.2, 0.25) is 5.02 Å². The van der Waals surface area contributed by atoms with Crippen LogP contribution in [0, 0.1) is 0 Å². The van der Waals surface area contributed by atoms with Gasteiger partial charge in [0.15, 0.2) is 0 Å². The second-order valence-electron chi connectivity index (χ2n) is 5.98. The Labute approximate surface area is 126 Å². The lowest BCUT2D eigenvalue weighted by atomic mass is 10.1. The van der Waals surface area contributed by atoms with Gasteiger partial charge in [0.1, 0.15) is 0 Å². The first kappa shape index (κ1) is 16.8. The molecule has 4 heteroatoms. The van der Waals surface area contributed by atoms with Crippen molar-refractivity contribution in [3.63, 3.8) is 0 Å². The monoisotopic (exact) mass is 300 g/mol. The molecule has 0 spiro atoms. The maximum atomic E-state index is 6.33. The number of nitrogens with one attached hydrogen (secondary N) is 1. The minimum atomic E-state index is 0.119. The summed E-state index contributed by atoms with van der Waals surface area (Å²) in [5, 5.41) is 4.38. The van der Waals surface area contributed by atoms with E-state index in [0.29, 0.717) is 0 Å². The maximum absolute atomic E-state index is 6.33. The van der Waals surface area contributed by atoms with Crippen molar-refractivity contribution in [3.8, 4) is 0 Å². The van der Waals surface area contributed by atoms with E-state index in [0.717, 1.165) is 23.9 Å². The molecule has 0 bridgehead atoms. The average molecular weight is 301 g/mol. The van der Waals surface area contributed by atoms with Gasteiger partial charge >= 0.3 is 0 Å². The second kappa shape index (κ2) is 7.53. The fourth-order valence-corrected chi connectivity index (χ4v) is 3.09. The number of hydrogen-bond donors (Lipinski definition) is 1. The SMILES string of the molecule is CN(C)CCSc1c(Cl)cccc1CNC(C)(C)C. The second-order valence-corrected chi connectivity index (χ2v) is 7.50. The van der Waals surface area contributed by atoms with Gasteiger partial charge in [0.2, 0.25) is 0 Å². The minimum absolute atomic E-state index is 0.119. The molecule has 0 amide bonds. The van der Waals surface area contributed by atoms with Crippen molar-refractivity contribution in [1.82, 2.24) is 10.2 Å². The predicted molar refractivity (Wildman–Crippen MR) is 87.3 cm³/mol. The molecular weight excluding hydrogens is 276 g/mol. The molecule has 19 heavy (non-hydrogen) atoms. The molecule has 1 rings (SSSR count). The topological polar surface area (TPSA) is 15.3 Å². The number of benzene rings is 1. The molecule has 0 aliphatic heterocycles. The molecule has 0 radical (unpaired) electrons. The molecule has 0 heterocycles. The Bertz CT molecular complexity index is 400. The highest BCUT2D eigenvalue weighted by molar-refractivity contribution is 7.99. The van der Waals surface area contributed by atoms with E-state index in [2.05, 4.69) is 51.1 Å². The summed E-state index contributed by atoms with van der Waals surface area (Å²) in [6.07, 6.45) is 0. The third-order valence-corrected chi connectivity index (χ3v) is 4.23.